The van der Waals surface area contributed by atoms with Crippen LogP contribution in [0.4, 0.5) is 5.69 Å². The SMILES string of the molecule is CC(=O)Oc1ccc(O)cc1.Nc1ccc(C(=O)Oc2ccccc2)c(O)c1. The van der Waals surface area contributed by atoms with Crippen LogP contribution in [-0.2, 0) is 4.79 Å². The number of esters is 2. The largest absolute Gasteiger partial charge is 0.508 e. The monoisotopic (exact) mass is 381 g/mol. The number of nitrogens with two attached hydrogens (primary N) is 1. The molecule has 144 valence electrons. The summed E-state index contributed by atoms with van der Waals surface area (Å²) in [4.78, 5) is 22.1. The highest BCUT2D eigenvalue weighted by molar-refractivity contribution is 5.94. The smallest absolute Gasteiger partial charge is 0.347 e. The van der Waals surface area contributed by atoms with Crippen molar-refractivity contribution >= 4 is 17.6 Å². The van der Waals surface area contributed by atoms with E-state index in [2.05, 4.69) is 0 Å². The number of aromatic hydroxyl groups is 2. The molecule has 4 N–H and O–H groups in total. The molecule has 0 aromatic heterocycles. The summed E-state index contributed by atoms with van der Waals surface area (Å²) in [6.07, 6.45) is 0. The molecule has 0 spiro atoms. The molecule has 3 aromatic carbocycles. The Morgan fingerprint density at radius 2 is 1.43 bits per heavy atom. The lowest BCUT2D eigenvalue weighted by atomic mass is 10.2. The minimum absolute atomic E-state index is 0.0862. The fraction of sp³-hybridized carbons (Fsp3) is 0.0476. The molecule has 28 heavy (non-hydrogen) atoms. The van der Waals surface area contributed by atoms with Crippen LogP contribution in [0.2, 0.25) is 0 Å². The van der Waals surface area contributed by atoms with Crippen molar-refractivity contribution in [2.24, 2.45) is 0 Å². The maximum absolute atomic E-state index is 11.7. The summed E-state index contributed by atoms with van der Waals surface area (Å²) in [5, 5.41) is 18.4. The van der Waals surface area contributed by atoms with Crippen molar-refractivity contribution in [3.05, 3.63) is 78.4 Å². The molecule has 0 unspecified atom stereocenters. The Hall–Kier alpha value is -4.00. The van der Waals surface area contributed by atoms with Crippen molar-refractivity contribution in [3.8, 4) is 23.0 Å². The molecule has 0 aliphatic rings. The van der Waals surface area contributed by atoms with Gasteiger partial charge in [0.25, 0.3) is 0 Å². The average Bonchev–Trinajstić information content (AvgIpc) is 2.64. The maximum atomic E-state index is 11.7. The minimum atomic E-state index is -0.617. The molecule has 3 rings (SSSR count). The highest BCUT2D eigenvalue weighted by atomic mass is 16.5. The van der Waals surface area contributed by atoms with Crippen molar-refractivity contribution in [1.29, 1.82) is 0 Å². The molecule has 0 bridgehead atoms. The first-order chi connectivity index (χ1) is 13.3. The third-order valence-electron chi connectivity index (χ3n) is 3.29. The third kappa shape index (κ3) is 6.38. The zero-order valence-electron chi connectivity index (χ0n) is 15.0. The number of ether oxygens (including phenoxy) is 2. The third-order valence-corrected chi connectivity index (χ3v) is 3.29. The van der Waals surface area contributed by atoms with Crippen LogP contribution in [-0.4, -0.2) is 22.2 Å². The van der Waals surface area contributed by atoms with Gasteiger partial charge < -0.3 is 25.4 Å². The molecule has 7 heteroatoms. The molecule has 0 saturated heterocycles. The maximum Gasteiger partial charge on any atom is 0.347 e. The number of anilines is 1. The minimum Gasteiger partial charge on any atom is -0.508 e. The first-order valence-electron chi connectivity index (χ1n) is 8.18. The van der Waals surface area contributed by atoms with E-state index in [1.54, 1.807) is 24.3 Å². The number of phenolic OH excluding ortho intramolecular Hbond substituents is 2. The van der Waals surface area contributed by atoms with E-state index in [-0.39, 0.29) is 23.0 Å². The highest BCUT2D eigenvalue weighted by Crippen LogP contribution is 2.22. The van der Waals surface area contributed by atoms with Crippen LogP contribution < -0.4 is 15.2 Å². The van der Waals surface area contributed by atoms with Crippen LogP contribution in [0.1, 0.15) is 17.3 Å². The number of phenols is 2. The Morgan fingerprint density at radius 1 is 0.821 bits per heavy atom. The van der Waals surface area contributed by atoms with Gasteiger partial charge in [-0.3, -0.25) is 4.79 Å². The van der Waals surface area contributed by atoms with Gasteiger partial charge in [0, 0.05) is 18.7 Å². The zero-order valence-corrected chi connectivity index (χ0v) is 15.0. The quantitative estimate of drug-likeness (QED) is 0.361. The lowest BCUT2D eigenvalue weighted by molar-refractivity contribution is -0.131. The first kappa shape index (κ1) is 20.3. The molecule has 3 aromatic rings. The number of hydrogen-bond donors (Lipinski definition) is 3. The van der Waals surface area contributed by atoms with E-state index >= 15 is 0 Å². The van der Waals surface area contributed by atoms with E-state index in [0.717, 1.165) is 0 Å². The van der Waals surface area contributed by atoms with Gasteiger partial charge in [0.1, 0.15) is 28.6 Å². The number of hydrogen-bond acceptors (Lipinski definition) is 7. The van der Waals surface area contributed by atoms with Crippen molar-refractivity contribution in [2.45, 2.75) is 6.92 Å². The van der Waals surface area contributed by atoms with Crippen molar-refractivity contribution in [2.75, 3.05) is 5.73 Å². The van der Waals surface area contributed by atoms with E-state index in [1.807, 2.05) is 6.07 Å². The van der Waals surface area contributed by atoms with Crippen LogP contribution in [0.15, 0.2) is 72.8 Å². The molecule has 0 aliphatic heterocycles. The standard InChI is InChI=1S/C13H11NO3.C8H8O3/c14-9-6-7-11(12(15)8-9)13(16)17-10-4-2-1-3-5-10;1-6(9)11-8-4-2-7(10)3-5-8/h1-8,15H,14H2;2-5,10H,1H3. The molecule has 0 aliphatic carbocycles. The van der Waals surface area contributed by atoms with E-state index in [4.69, 9.17) is 20.3 Å². The number of carbonyl (C=O) groups is 2. The first-order valence-corrected chi connectivity index (χ1v) is 8.18. The Labute approximate surface area is 161 Å². The average molecular weight is 381 g/mol. The molecule has 0 radical (unpaired) electrons. The second kappa shape index (κ2) is 9.63. The van der Waals surface area contributed by atoms with Gasteiger partial charge in [-0.25, -0.2) is 4.79 Å². The Bertz CT molecular complexity index is 939. The van der Waals surface area contributed by atoms with E-state index in [1.165, 1.54) is 49.4 Å². The summed E-state index contributed by atoms with van der Waals surface area (Å²) in [6.45, 7) is 1.33. The van der Waals surface area contributed by atoms with Gasteiger partial charge in [-0.05, 0) is 48.5 Å². The highest BCUT2D eigenvalue weighted by Gasteiger charge is 2.13. The predicted molar refractivity (Wildman–Crippen MR) is 103 cm³/mol. The number of carbonyl (C=O) groups excluding carboxylic acids is 2. The lowest BCUT2D eigenvalue weighted by Gasteiger charge is -2.06. The van der Waals surface area contributed by atoms with E-state index in [0.29, 0.717) is 17.2 Å². The molecule has 0 atom stereocenters. The zero-order chi connectivity index (χ0) is 20.5. The van der Waals surface area contributed by atoms with Crippen molar-refractivity contribution < 1.29 is 29.3 Å². The van der Waals surface area contributed by atoms with Gasteiger partial charge in [0.05, 0.1) is 0 Å². The van der Waals surface area contributed by atoms with Crippen LogP contribution in [0, 0.1) is 0 Å². The topological polar surface area (TPSA) is 119 Å². The number of benzene rings is 3. The van der Waals surface area contributed by atoms with Crippen molar-refractivity contribution in [3.63, 3.8) is 0 Å². The Morgan fingerprint density at radius 3 is 2.00 bits per heavy atom. The molecular weight excluding hydrogens is 362 g/mol. The fourth-order valence-electron chi connectivity index (χ4n) is 2.05. The van der Waals surface area contributed by atoms with Gasteiger partial charge in [0.2, 0.25) is 0 Å². The van der Waals surface area contributed by atoms with Gasteiger partial charge in [-0.2, -0.15) is 0 Å². The molecule has 0 saturated carbocycles. The molecule has 0 heterocycles. The molecule has 0 amide bonds. The van der Waals surface area contributed by atoms with Crippen LogP contribution >= 0.6 is 0 Å². The Kier molecular flexibility index (Phi) is 6.99. The van der Waals surface area contributed by atoms with E-state index in [9.17, 15) is 14.7 Å². The molecular formula is C21H19NO6. The summed E-state index contributed by atoms with van der Waals surface area (Å²) in [7, 11) is 0. The second-order valence-corrected chi connectivity index (χ2v) is 5.57. The van der Waals surface area contributed by atoms with Crippen LogP contribution in [0.25, 0.3) is 0 Å². The normalized spacial score (nSPS) is 9.61. The van der Waals surface area contributed by atoms with Crippen molar-refractivity contribution in [1.82, 2.24) is 0 Å². The molecule has 0 fully saturated rings. The summed E-state index contributed by atoms with van der Waals surface area (Å²) in [6, 6.07) is 18.9. The summed E-state index contributed by atoms with van der Waals surface area (Å²) in [5.74, 6) is -0.153. The van der Waals surface area contributed by atoms with Gasteiger partial charge >= 0.3 is 11.9 Å². The number of rotatable bonds is 3. The lowest BCUT2D eigenvalue weighted by Crippen LogP contribution is -2.08. The van der Waals surface area contributed by atoms with Gasteiger partial charge in [-0.15, -0.1) is 0 Å². The summed E-state index contributed by atoms with van der Waals surface area (Å²) >= 11 is 0. The predicted octanol–water partition coefficient (Wildman–Crippen LogP) is 3.51. The fourth-order valence-corrected chi connectivity index (χ4v) is 2.05. The summed E-state index contributed by atoms with van der Waals surface area (Å²) in [5.41, 5.74) is 5.94. The number of para-hydroxylation sites is 1. The van der Waals surface area contributed by atoms with Gasteiger partial charge in [0.15, 0.2) is 0 Å². The number of nitrogen functional groups attached to an aromatic ring is 1. The van der Waals surface area contributed by atoms with E-state index < -0.39 is 5.97 Å². The van der Waals surface area contributed by atoms with Gasteiger partial charge in [-0.1, -0.05) is 18.2 Å². The van der Waals surface area contributed by atoms with Crippen LogP contribution in [0.3, 0.4) is 0 Å². The summed E-state index contributed by atoms with van der Waals surface area (Å²) < 4.78 is 9.80. The molecule has 7 nitrogen and oxygen atoms in total. The second-order valence-electron chi connectivity index (χ2n) is 5.57. The van der Waals surface area contributed by atoms with Crippen LogP contribution in [0.5, 0.6) is 23.0 Å². The Balaban J connectivity index is 0.000000221.